The van der Waals surface area contributed by atoms with Crippen LogP contribution in [0, 0.1) is 5.92 Å². The molecule has 0 saturated carbocycles. The number of nitrogen functional groups attached to an aromatic ring is 1. The lowest BCUT2D eigenvalue weighted by atomic mass is 9.92. The van der Waals surface area contributed by atoms with Gasteiger partial charge in [-0.15, -0.1) is 11.3 Å². The quantitative estimate of drug-likeness (QED) is 0.164. The van der Waals surface area contributed by atoms with Crippen molar-refractivity contribution in [1.29, 1.82) is 0 Å². The molecule has 5 aromatic rings. The van der Waals surface area contributed by atoms with Crippen molar-refractivity contribution in [3.8, 4) is 27.3 Å². The first-order valence-corrected chi connectivity index (χ1v) is 14.9. The van der Waals surface area contributed by atoms with E-state index in [1.54, 1.807) is 47.7 Å². The molecule has 1 aliphatic heterocycles. The van der Waals surface area contributed by atoms with Gasteiger partial charge in [0.25, 0.3) is 11.8 Å². The van der Waals surface area contributed by atoms with Crippen LogP contribution in [-0.2, 0) is 11.3 Å². The summed E-state index contributed by atoms with van der Waals surface area (Å²) >= 11 is 1.56. The highest BCUT2D eigenvalue weighted by atomic mass is 32.1. The second kappa shape index (κ2) is 11.8. The fourth-order valence-electron chi connectivity index (χ4n) is 5.05. The van der Waals surface area contributed by atoms with E-state index in [0.29, 0.717) is 52.7 Å². The molecule has 0 radical (unpaired) electrons. The summed E-state index contributed by atoms with van der Waals surface area (Å²) in [7, 11) is 1.24. The van der Waals surface area contributed by atoms with Crippen molar-refractivity contribution >= 4 is 51.8 Å². The lowest BCUT2D eigenvalue weighted by Gasteiger charge is -2.21. The van der Waals surface area contributed by atoms with Crippen molar-refractivity contribution in [1.82, 2.24) is 20.3 Å². The summed E-state index contributed by atoms with van der Waals surface area (Å²) in [6.07, 6.45) is 0.800. The average molecular weight is 611 g/mol. The Hall–Kier alpha value is -5.23. The monoisotopic (exact) mass is 610 g/mol. The first-order valence-electron chi connectivity index (χ1n) is 14.0. The van der Waals surface area contributed by atoms with E-state index in [0.717, 1.165) is 22.4 Å². The Kier molecular flexibility index (Phi) is 7.75. The van der Waals surface area contributed by atoms with Crippen LogP contribution < -0.4 is 21.1 Å². The number of aromatic nitrogens is 3. The molecule has 0 spiro atoms. The van der Waals surface area contributed by atoms with Crippen LogP contribution in [0.15, 0.2) is 53.9 Å². The van der Waals surface area contributed by atoms with Gasteiger partial charge in [0.2, 0.25) is 0 Å². The number of amides is 2. The van der Waals surface area contributed by atoms with Crippen molar-refractivity contribution in [2.24, 2.45) is 5.92 Å². The molecule has 11 nitrogen and oxygen atoms in total. The number of imidazole rings is 1. The van der Waals surface area contributed by atoms with Crippen molar-refractivity contribution in [2.75, 3.05) is 24.7 Å². The third kappa shape index (κ3) is 5.59. The first-order chi connectivity index (χ1) is 21.2. The van der Waals surface area contributed by atoms with Crippen molar-refractivity contribution in [2.45, 2.75) is 26.9 Å². The smallest absolute Gasteiger partial charge is 0.357 e. The number of ether oxygens (including phenoxy) is 2. The first kappa shape index (κ1) is 28.9. The van der Waals surface area contributed by atoms with E-state index in [-0.39, 0.29) is 22.9 Å². The number of esters is 1. The molecule has 1 aliphatic rings. The number of fused-ring (bicyclic) bond motifs is 4. The fraction of sp³-hybridized carbons (Fsp3) is 0.219. The second-order valence-corrected chi connectivity index (χ2v) is 11.7. The van der Waals surface area contributed by atoms with E-state index in [2.05, 4.69) is 39.4 Å². The number of carbonyl (C=O) groups excluding carboxylic acids is 3. The van der Waals surface area contributed by atoms with Gasteiger partial charge in [-0.3, -0.25) is 9.59 Å². The van der Waals surface area contributed by atoms with Crippen LogP contribution in [0.2, 0.25) is 0 Å². The van der Waals surface area contributed by atoms with Gasteiger partial charge < -0.3 is 30.8 Å². The van der Waals surface area contributed by atoms with Gasteiger partial charge in [-0.1, -0.05) is 13.8 Å². The minimum Gasteiger partial charge on any atom is -0.488 e. The highest BCUT2D eigenvalue weighted by molar-refractivity contribution is 7.13. The number of H-pyrrole nitrogens is 1. The summed E-state index contributed by atoms with van der Waals surface area (Å²) in [5, 5.41) is 7.77. The lowest BCUT2D eigenvalue weighted by molar-refractivity contribution is 0.0594. The van der Waals surface area contributed by atoms with Crippen LogP contribution in [0.5, 0.6) is 5.75 Å². The zero-order chi connectivity index (χ0) is 31.0. The predicted molar refractivity (Wildman–Crippen MR) is 169 cm³/mol. The molecule has 44 heavy (non-hydrogen) atoms. The number of hydrogen-bond donors (Lipinski definition) is 4. The Balaban J connectivity index is 1.44. The summed E-state index contributed by atoms with van der Waals surface area (Å²) in [6, 6.07) is 13.8. The van der Waals surface area contributed by atoms with Gasteiger partial charge >= 0.3 is 5.97 Å². The second-order valence-electron chi connectivity index (χ2n) is 10.8. The Labute approximate surface area is 256 Å². The Morgan fingerprint density at radius 2 is 1.89 bits per heavy atom. The van der Waals surface area contributed by atoms with Crippen molar-refractivity contribution < 1.29 is 23.9 Å². The third-order valence-electron chi connectivity index (χ3n) is 7.30. The molecule has 0 bridgehead atoms. The SMILES string of the molecule is COC(=O)c1nc(C(=O)NCCC(C)C)ccc1-c1cc2c(cc1C(=O)Nc1ccc3nc(N)[nH]c3c1)-c1sccc1CO2. The molecular weight excluding hydrogens is 580 g/mol. The Bertz CT molecular complexity index is 1930. The number of nitrogens with two attached hydrogens (primary N) is 1. The number of anilines is 2. The van der Waals surface area contributed by atoms with E-state index in [9.17, 15) is 14.4 Å². The Morgan fingerprint density at radius 3 is 2.68 bits per heavy atom. The van der Waals surface area contributed by atoms with E-state index in [1.165, 1.54) is 13.2 Å². The fourth-order valence-corrected chi connectivity index (χ4v) is 5.99. The molecule has 0 saturated heterocycles. The normalized spacial score (nSPS) is 11.9. The van der Waals surface area contributed by atoms with E-state index < -0.39 is 17.8 Å². The molecule has 3 aromatic heterocycles. The van der Waals surface area contributed by atoms with Gasteiger partial charge in [-0.25, -0.2) is 14.8 Å². The Morgan fingerprint density at radius 1 is 1.05 bits per heavy atom. The molecular formula is C32H30N6O5S. The van der Waals surface area contributed by atoms with E-state index in [4.69, 9.17) is 15.2 Å². The molecule has 0 aliphatic carbocycles. The van der Waals surface area contributed by atoms with Crippen LogP contribution in [0.4, 0.5) is 11.6 Å². The number of hydrogen-bond acceptors (Lipinski definition) is 9. The lowest BCUT2D eigenvalue weighted by Crippen LogP contribution is -2.27. The summed E-state index contributed by atoms with van der Waals surface area (Å²) in [6.45, 7) is 4.98. The standard InChI is InChI=1S/C32H30N6O5S/c1-16(2)8-10-34-30(40)24-7-5-19(27(36-24)31(41)42-3)20-14-26-22(28-17(15-43-26)9-11-44-28)13-21(20)29(39)35-18-4-6-23-25(12-18)38-32(33)37-23/h4-7,9,11-14,16H,8,10,15H2,1-3H3,(H,34,40)(H,35,39)(H3,33,37,38). The topological polar surface area (TPSA) is 161 Å². The summed E-state index contributed by atoms with van der Waals surface area (Å²) in [5.74, 6) is -0.334. The van der Waals surface area contributed by atoms with E-state index in [1.807, 2.05) is 11.4 Å². The molecule has 2 amide bonds. The van der Waals surface area contributed by atoms with Crippen LogP contribution in [0.25, 0.3) is 32.6 Å². The maximum Gasteiger partial charge on any atom is 0.357 e. The molecule has 12 heteroatoms. The number of methoxy groups -OCH3 is 1. The number of pyridine rings is 1. The predicted octanol–water partition coefficient (Wildman–Crippen LogP) is 5.64. The number of benzene rings is 2. The molecule has 2 aromatic carbocycles. The molecule has 5 N–H and O–H groups in total. The van der Waals surface area contributed by atoms with E-state index >= 15 is 0 Å². The van der Waals surface area contributed by atoms with Gasteiger partial charge in [0, 0.05) is 44.9 Å². The molecule has 0 atom stereocenters. The number of carbonyl (C=O) groups is 3. The largest absolute Gasteiger partial charge is 0.488 e. The van der Waals surface area contributed by atoms with Gasteiger partial charge in [0.05, 0.1) is 18.1 Å². The summed E-state index contributed by atoms with van der Waals surface area (Å²) < 4.78 is 11.1. The number of nitrogens with zero attached hydrogens (tertiary/aromatic N) is 2. The van der Waals surface area contributed by atoms with Gasteiger partial charge in [-0.05, 0) is 66.2 Å². The molecule has 0 fully saturated rings. The van der Waals surface area contributed by atoms with Crippen LogP contribution in [-0.4, -0.2) is 46.4 Å². The molecule has 4 heterocycles. The zero-order valence-corrected chi connectivity index (χ0v) is 25.1. The maximum absolute atomic E-state index is 14.0. The number of rotatable bonds is 8. The minimum absolute atomic E-state index is 0.0634. The minimum atomic E-state index is -0.746. The van der Waals surface area contributed by atoms with Gasteiger partial charge in [0.1, 0.15) is 18.1 Å². The average Bonchev–Trinajstić information content (AvgIpc) is 3.65. The number of nitrogens with one attached hydrogen (secondary N) is 3. The van der Waals surface area contributed by atoms with Crippen LogP contribution in [0.1, 0.15) is 57.2 Å². The van der Waals surface area contributed by atoms with Crippen molar-refractivity contribution in [3.63, 3.8) is 0 Å². The third-order valence-corrected chi connectivity index (χ3v) is 8.29. The van der Waals surface area contributed by atoms with Crippen molar-refractivity contribution in [3.05, 3.63) is 76.4 Å². The van der Waals surface area contributed by atoms with Crippen LogP contribution >= 0.6 is 11.3 Å². The molecule has 0 unspecified atom stereocenters. The molecule has 224 valence electrons. The maximum atomic E-state index is 14.0. The summed E-state index contributed by atoms with van der Waals surface area (Å²) in [4.78, 5) is 52.5. The highest BCUT2D eigenvalue weighted by Gasteiger charge is 2.27. The zero-order valence-electron chi connectivity index (χ0n) is 24.3. The number of thiophene rings is 1. The molecule has 6 rings (SSSR count). The van der Waals surface area contributed by atoms with Gasteiger partial charge in [-0.2, -0.15) is 0 Å². The van der Waals surface area contributed by atoms with Crippen LogP contribution in [0.3, 0.4) is 0 Å². The highest BCUT2D eigenvalue weighted by Crippen LogP contribution is 2.44. The number of aromatic amines is 1. The summed E-state index contributed by atoms with van der Waals surface area (Å²) in [5.41, 5.74) is 10.4. The van der Waals surface area contributed by atoms with Gasteiger partial charge in [0.15, 0.2) is 11.6 Å².